The summed E-state index contributed by atoms with van der Waals surface area (Å²) in [5.41, 5.74) is 9.60. The fourth-order valence-corrected chi connectivity index (χ4v) is 10.8. The highest BCUT2D eigenvalue weighted by Gasteiger charge is 2.43. The number of alkyl carbamates (subject to hydrolysis) is 1. The first-order valence-corrected chi connectivity index (χ1v) is 23.2. The fraction of sp³-hybridized carbons (Fsp3) is 0.571. The van der Waals surface area contributed by atoms with E-state index in [0.717, 1.165) is 80.0 Å². The third-order valence-corrected chi connectivity index (χ3v) is 14.3. The lowest BCUT2D eigenvalue weighted by atomic mass is 9.82. The molecule has 2 saturated heterocycles. The number of aromatic nitrogens is 4. The Morgan fingerprint density at radius 2 is 1.24 bits per heavy atom. The number of nitrogens with zero attached hydrogens (tertiary/aromatic N) is 4. The van der Waals surface area contributed by atoms with E-state index in [2.05, 4.69) is 57.0 Å². The van der Waals surface area contributed by atoms with Gasteiger partial charge in [0.05, 0.1) is 49.0 Å². The van der Waals surface area contributed by atoms with Crippen LogP contribution in [0.5, 0.6) is 0 Å². The Morgan fingerprint density at radius 3 is 1.81 bits per heavy atom. The molecule has 5 N–H and O–H groups in total. The largest absolute Gasteiger partial charge is 0.453 e. The summed E-state index contributed by atoms with van der Waals surface area (Å²) in [6.07, 6.45) is 14.5. The number of aliphatic hydroxyl groups excluding tert-OH is 1. The number of ether oxygens (including phenoxy) is 2. The number of nitrogens with one attached hydrogen (secondary N) is 4. The van der Waals surface area contributed by atoms with Crippen LogP contribution in [-0.2, 0) is 31.9 Å². The SMILES string of the molecule is COC(=O)NC(C(=O)N1CCCCC1c1ncc(-c2ccc(-c3ccc(-c4cnc(C5CCCCN5C(=O)C(NC(O)OC)C(C)C)[nH]4)cc3)c3c2CC2(CCCC2)C3)[nH]1)C(C)C. The van der Waals surface area contributed by atoms with Crippen molar-refractivity contribution in [1.82, 2.24) is 40.4 Å². The van der Waals surface area contributed by atoms with Gasteiger partial charge in [-0.25, -0.2) is 14.8 Å². The number of H-pyrrole nitrogens is 2. The third kappa shape index (κ3) is 9.17. The number of hydrogen-bond acceptors (Lipinski definition) is 9. The van der Waals surface area contributed by atoms with Gasteiger partial charge in [-0.1, -0.05) is 76.9 Å². The van der Waals surface area contributed by atoms with Gasteiger partial charge in [0.25, 0.3) is 0 Å². The Kier molecular flexibility index (Phi) is 13.4. The average molecular weight is 863 g/mol. The number of amides is 3. The molecule has 1 spiro atoms. The quantitative estimate of drug-likeness (QED) is 0.0839. The van der Waals surface area contributed by atoms with Crippen LogP contribution in [0.1, 0.15) is 127 Å². The minimum absolute atomic E-state index is 0.0471. The molecule has 4 aromatic rings. The zero-order chi connectivity index (χ0) is 44.4. The minimum atomic E-state index is -1.23. The summed E-state index contributed by atoms with van der Waals surface area (Å²) in [4.78, 5) is 60.9. The van der Waals surface area contributed by atoms with E-state index in [1.54, 1.807) is 0 Å². The molecule has 63 heavy (non-hydrogen) atoms. The van der Waals surface area contributed by atoms with Crippen molar-refractivity contribution >= 4 is 17.9 Å². The van der Waals surface area contributed by atoms with Crippen LogP contribution < -0.4 is 10.6 Å². The van der Waals surface area contributed by atoms with Crippen LogP contribution in [0.2, 0.25) is 0 Å². The molecule has 3 amide bonds. The highest BCUT2D eigenvalue weighted by molar-refractivity contribution is 5.86. The first kappa shape index (κ1) is 44.6. The summed E-state index contributed by atoms with van der Waals surface area (Å²) in [5.74, 6) is 1.23. The fourth-order valence-electron chi connectivity index (χ4n) is 10.8. The summed E-state index contributed by atoms with van der Waals surface area (Å²) < 4.78 is 9.87. The van der Waals surface area contributed by atoms with E-state index in [1.807, 2.05) is 49.9 Å². The summed E-state index contributed by atoms with van der Waals surface area (Å²) in [6, 6.07) is 11.6. The Balaban J connectivity index is 1.04. The Labute approximate surface area is 371 Å². The number of aromatic amines is 2. The smallest absolute Gasteiger partial charge is 0.407 e. The molecule has 2 aromatic heterocycles. The second-order valence-electron chi connectivity index (χ2n) is 19.0. The number of aliphatic hydroxyl groups is 1. The van der Waals surface area contributed by atoms with Crippen LogP contribution in [0.4, 0.5) is 4.79 Å². The van der Waals surface area contributed by atoms with Gasteiger partial charge in [0.15, 0.2) is 0 Å². The van der Waals surface area contributed by atoms with Crippen molar-refractivity contribution in [2.75, 3.05) is 27.3 Å². The van der Waals surface area contributed by atoms with Crippen LogP contribution in [0.3, 0.4) is 0 Å². The first-order chi connectivity index (χ1) is 30.4. The number of fused-ring (bicyclic) bond motifs is 1. The second kappa shape index (κ2) is 19.0. The molecule has 1 saturated carbocycles. The zero-order valence-electron chi connectivity index (χ0n) is 37.8. The maximum atomic E-state index is 14.0. The number of carbonyl (C=O) groups is 3. The van der Waals surface area contributed by atoms with Gasteiger partial charge in [-0.3, -0.25) is 14.9 Å². The summed E-state index contributed by atoms with van der Waals surface area (Å²) >= 11 is 0. The Bertz CT molecular complexity index is 2240. The molecule has 2 aromatic carbocycles. The van der Waals surface area contributed by atoms with E-state index in [-0.39, 0.29) is 41.1 Å². The van der Waals surface area contributed by atoms with Gasteiger partial charge in [0, 0.05) is 25.8 Å². The van der Waals surface area contributed by atoms with Gasteiger partial charge in [0.2, 0.25) is 18.2 Å². The average Bonchev–Trinajstić information content (AvgIpc) is 4.14. The van der Waals surface area contributed by atoms with Crippen molar-refractivity contribution < 1.29 is 29.0 Å². The number of rotatable bonds is 13. The molecular formula is C49H66N8O6. The number of carbonyl (C=O) groups excluding carboxylic acids is 3. The van der Waals surface area contributed by atoms with Gasteiger partial charge in [-0.05, 0) is 109 Å². The highest BCUT2D eigenvalue weighted by atomic mass is 16.6. The first-order valence-electron chi connectivity index (χ1n) is 23.2. The van der Waals surface area contributed by atoms with Crippen LogP contribution in [0.25, 0.3) is 33.6 Å². The van der Waals surface area contributed by atoms with E-state index in [1.165, 1.54) is 67.7 Å². The lowest BCUT2D eigenvalue weighted by molar-refractivity contribution is -0.147. The maximum absolute atomic E-state index is 14.0. The number of piperidine rings is 2. The molecule has 0 bridgehead atoms. The molecule has 14 heteroatoms. The Morgan fingerprint density at radius 1 is 0.714 bits per heavy atom. The molecular weight excluding hydrogens is 797 g/mol. The van der Waals surface area contributed by atoms with E-state index < -0.39 is 24.6 Å². The van der Waals surface area contributed by atoms with Gasteiger partial charge in [0.1, 0.15) is 17.7 Å². The third-order valence-electron chi connectivity index (χ3n) is 14.3. The summed E-state index contributed by atoms with van der Waals surface area (Å²) in [5, 5.41) is 15.9. The van der Waals surface area contributed by atoms with Gasteiger partial charge < -0.3 is 39.7 Å². The van der Waals surface area contributed by atoms with Crippen LogP contribution in [-0.4, -0.2) is 98.6 Å². The highest BCUT2D eigenvalue weighted by Crippen LogP contribution is 2.53. The normalized spacial score (nSPS) is 21.2. The zero-order valence-corrected chi connectivity index (χ0v) is 37.8. The van der Waals surface area contributed by atoms with E-state index >= 15 is 0 Å². The Hall–Kier alpha value is -5.05. The molecule has 4 aliphatic rings. The minimum Gasteiger partial charge on any atom is -0.453 e. The molecule has 0 radical (unpaired) electrons. The van der Waals surface area contributed by atoms with Crippen molar-refractivity contribution in [2.24, 2.45) is 17.3 Å². The van der Waals surface area contributed by atoms with Crippen LogP contribution >= 0.6 is 0 Å². The number of benzene rings is 2. The van der Waals surface area contributed by atoms with Crippen molar-refractivity contribution in [2.45, 2.75) is 135 Å². The van der Waals surface area contributed by atoms with Crippen molar-refractivity contribution in [3.63, 3.8) is 0 Å². The maximum Gasteiger partial charge on any atom is 0.407 e. The molecule has 14 nitrogen and oxygen atoms in total. The lowest BCUT2D eigenvalue weighted by Crippen LogP contribution is -2.54. The van der Waals surface area contributed by atoms with Crippen LogP contribution in [0, 0.1) is 17.3 Å². The topological polar surface area (TPSA) is 178 Å². The molecule has 2 aliphatic carbocycles. The van der Waals surface area contributed by atoms with E-state index in [4.69, 9.17) is 19.4 Å². The van der Waals surface area contributed by atoms with Crippen LogP contribution in [0.15, 0.2) is 48.8 Å². The number of likely N-dealkylation sites (tertiary alicyclic amines) is 2. The summed E-state index contributed by atoms with van der Waals surface area (Å²) in [6.45, 7) is 9.04. The monoisotopic (exact) mass is 863 g/mol. The van der Waals surface area contributed by atoms with Crippen molar-refractivity contribution in [1.29, 1.82) is 0 Å². The second-order valence-corrected chi connectivity index (χ2v) is 19.0. The number of hydrogen-bond donors (Lipinski definition) is 5. The molecule has 3 fully saturated rings. The molecule has 8 rings (SSSR count). The predicted molar refractivity (Wildman–Crippen MR) is 241 cm³/mol. The van der Waals surface area contributed by atoms with Gasteiger partial charge >= 0.3 is 6.09 Å². The van der Waals surface area contributed by atoms with Gasteiger partial charge in [-0.15, -0.1) is 0 Å². The van der Waals surface area contributed by atoms with Crippen molar-refractivity contribution in [3.05, 3.63) is 71.6 Å². The van der Waals surface area contributed by atoms with Crippen molar-refractivity contribution in [3.8, 4) is 33.6 Å². The number of imidazole rings is 2. The molecule has 5 atom stereocenters. The number of methoxy groups -OCH3 is 2. The lowest BCUT2D eigenvalue weighted by Gasteiger charge is -2.38. The molecule has 338 valence electrons. The molecule has 2 aliphatic heterocycles. The molecule has 5 unspecified atom stereocenters. The van der Waals surface area contributed by atoms with Gasteiger partial charge in [-0.2, -0.15) is 0 Å². The van der Waals surface area contributed by atoms with E-state index in [9.17, 15) is 19.5 Å². The van der Waals surface area contributed by atoms with E-state index in [0.29, 0.717) is 13.1 Å². The molecule has 4 heterocycles. The summed E-state index contributed by atoms with van der Waals surface area (Å²) in [7, 11) is 2.72. The standard InChI is InChI=1S/C49H66N8O6/c1-29(2)41(54-47(60)62-5)45(58)56-23-11-7-13-39(56)43-50-27-37(52-43)32-17-15-31(16-18-32)33-19-20-34(36-26-49(25-35(33)36)21-9-10-22-49)38-28-51-44(53-38)40-14-8-12-24-57(40)46(59)42(30(3)4)55-48(61)63-6/h15-20,27-30,39-42,47,54,60H,7-14,21-26H2,1-6H3,(H,50,52)(H,51,53)(H,55,61). The predicted octanol–water partition coefficient (Wildman–Crippen LogP) is 7.82.